The van der Waals surface area contributed by atoms with Crippen molar-refractivity contribution in [3.63, 3.8) is 0 Å². The fourth-order valence-corrected chi connectivity index (χ4v) is 3.88. The van der Waals surface area contributed by atoms with Crippen molar-refractivity contribution in [1.82, 2.24) is 10.2 Å². The van der Waals surface area contributed by atoms with Crippen LogP contribution in [0.2, 0.25) is 0 Å². The molecule has 2 unspecified atom stereocenters. The number of benzene rings is 1. The quantitative estimate of drug-likeness (QED) is 0.766. The van der Waals surface area contributed by atoms with Crippen LogP contribution < -0.4 is 10.1 Å². The summed E-state index contributed by atoms with van der Waals surface area (Å²) >= 11 is 0. The average Bonchev–Trinajstić information content (AvgIpc) is 2.71. The van der Waals surface area contributed by atoms with Gasteiger partial charge in [0.05, 0.1) is 12.8 Å². The first-order valence-corrected chi connectivity index (χ1v) is 10.3. The Bertz CT molecular complexity index is 671. The second kappa shape index (κ2) is 9.90. The van der Waals surface area contributed by atoms with E-state index in [9.17, 15) is 0 Å². The lowest BCUT2D eigenvalue weighted by atomic mass is 9.91. The third-order valence-corrected chi connectivity index (χ3v) is 5.47. The maximum Gasteiger partial charge on any atom is 0.181 e. The lowest BCUT2D eigenvalue weighted by molar-refractivity contribution is -0.0828. The maximum absolute atomic E-state index is 6.07. The summed E-state index contributed by atoms with van der Waals surface area (Å²) in [6, 6.07) is 8.65. The molecule has 5 heteroatoms. The van der Waals surface area contributed by atoms with E-state index in [0.29, 0.717) is 6.04 Å². The van der Waals surface area contributed by atoms with E-state index in [1.165, 1.54) is 18.4 Å². The van der Waals surface area contributed by atoms with E-state index in [4.69, 9.17) is 9.57 Å². The molecule has 2 atom stereocenters. The Morgan fingerprint density at radius 2 is 2.19 bits per heavy atom. The molecule has 1 saturated heterocycles. The van der Waals surface area contributed by atoms with Gasteiger partial charge in [-0.3, -0.25) is 4.90 Å². The molecule has 3 rings (SSSR count). The molecule has 0 bridgehead atoms. The molecular weight excluding hydrogens is 338 g/mol. The smallest absolute Gasteiger partial charge is 0.181 e. The Morgan fingerprint density at radius 1 is 1.33 bits per heavy atom. The molecule has 1 saturated carbocycles. The minimum Gasteiger partial charge on any atom is -0.497 e. The van der Waals surface area contributed by atoms with Crippen molar-refractivity contribution in [2.75, 3.05) is 26.7 Å². The van der Waals surface area contributed by atoms with Crippen molar-refractivity contribution in [1.29, 1.82) is 0 Å². The number of nitrogens with one attached hydrogen (secondary N) is 1. The summed E-state index contributed by atoms with van der Waals surface area (Å²) in [7, 11) is 1.70. The summed E-state index contributed by atoms with van der Waals surface area (Å²) in [4.78, 5) is 8.50. The number of hydrogen-bond donors (Lipinski definition) is 1. The Hall–Kier alpha value is -1.85. The van der Waals surface area contributed by atoms with E-state index in [-0.39, 0.29) is 6.23 Å². The summed E-state index contributed by atoms with van der Waals surface area (Å²) in [5, 5.41) is 8.08. The third-order valence-electron chi connectivity index (χ3n) is 5.47. The van der Waals surface area contributed by atoms with Crippen molar-refractivity contribution in [2.24, 2.45) is 5.16 Å². The number of rotatable bonds is 6. The molecule has 2 aliphatic rings. The number of allylic oxidation sites excluding steroid dienone is 1. The van der Waals surface area contributed by atoms with E-state index in [2.05, 4.69) is 47.4 Å². The predicted molar refractivity (Wildman–Crippen MR) is 111 cm³/mol. The van der Waals surface area contributed by atoms with Crippen LogP contribution >= 0.6 is 0 Å². The Morgan fingerprint density at radius 3 is 2.96 bits per heavy atom. The van der Waals surface area contributed by atoms with E-state index in [1.54, 1.807) is 7.11 Å². The first-order valence-electron chi connectivity index (χ1n) is 10.3. The number of oxime groups is 1. The van der Waals surface area contributed by atoms with Crippen molar-refractivity contribution in [3.8, 4) is 5.75 Å². The second-order valence-corrected chi connectivity index (χ2v) is 7.45. The monoisotopic (exact) mass is 371 g/mol. The molecule has 5 nitrogen and oxygen atoms in total. The predicted octanol–water partition coefficient (Wildman–Crippen LogP) is 4.06. The van der Waals surface area contributed by atoms with Gasteiger partial charge in [-0.15, -0.1) is 0 Å². The highest BCUT2D eigenvalue weighted by Crippen LogP contribution is 2.25. The van der Waals surface area contributed by atoms with Crippen molar-refractivity contribution >= 4 is 11.8 Å². The number of nitrogens with zero attached hydrogens (tertiary/aromatic N) is 2. The fraction of sp³-hybridized carbons (Fsp3) is 0.591. The maximum atomic E-state index is 6.07. The van der Waals surface area contributed by atoms with Gasteiger partial charge < -0.3 is 14.9 Å². The molecule has 2 fully saturated rings. The van der Waals surface area contributed by atoms with Crippen molar-refractivity contribution in [3.05, 3.63) is 35.4 Å². The summed E-state index contributed by atoms with van der Waals surface area (Å²) < 4.78 is 5.35. The molecule has 1 aromatic rings. The highest BCUT2D eigenvalue weighted by molar-refractivity contribution is 6.04. The van der Waals surface area contributed by atoms with Gasteiger partial charge >= 0.3 is 0 Å². The van der Waals surface area contributed by atoms with Gasteiger partial charge in [-0.25, -0.2) is 0 Å². The zero-order valence-corrected chi connectivity index (χ0v) is 16.9. The van der Waals surface area contributed by atoms with Crippen LogP contribution in [0.15, 0.2) is 35.0 Å². The van der Waals surface area contributed by atoms with E-state index in [0.717, 1.165) is 55.9 Å². The van der Waals surface area contributed by atoms with Gasteiger partial charge in [0.2, 0.25) is 0 Å². The van der Waals surface area contributed by atoms with Crippen LogP contribution in [0.1, 0.15) is 51.5 Å². The number of piperazine rings is 1. The summed E-state index contributed by atoms with van der Waals surface area (Å²) in [5.74, 6) is 0.883. The highest BCUT2D eigenvalue weighted by atomic mass is 16.6. The number of hydrogen-bond acceptors (Lipinski definition) is 5. The van der Waals surface area contributed by atoms with Crippen LogP contribution in [0.4, 0.5) is 0 Å². The normalized spacial score (nSPS) is 25.5. The molecular formula is C22H33N3O2. The van der Waals surface area contributed by atoms with Crippen LogP contribution in [0.3, 0.4) is 0 Å². The third kappa shape index (κ3) is 5.33. The van der Waals surface area contributed by atoms with Gasteiger partial charge in [0, 0.05) is 25.7 Å². The Kier molecular flexibility index (Phi) is 7.30. The molecule has 0 radical (unpaired) electrons. The summed E-state index contributed by atoms with van der Waals surface area (Å²) in [5.41, 5.74) is 3.55. The van der Waals surface area contributed by atoms with Crippen LogP contribution in [0.25, 0.3) is 6.08 Å². The first kappa shape index (κ1) is 19.9. The molecule has 1 aromatic carbocycles. The second-order valence-electron chi connectivity index (χ2n) is 7.45. The summed E-state index contributed by atoms with van der Waals surface area (Å²) in [6.07, 6.45) is 7.66. The van der Waals surface area contributed by atoms with Gasteiger partial charge in [0.25, 0.3) is 0 Å². The fourth-order valence-electron chi connectivity index (χ4n) is 3.88. The van der Waals surface area contributed by atoms with Gasteiger partial charge in [0.15, 0.2) is 6.23 Å². The SMILES string of the molecule is CCC(O/N=C1/CCCC/C1=C/c1cccc(OC)c1)N1CCNCC1C. The van der Waals surface area contributed by atoms with E-state index in [1.807, 2.05) is 12.1 Å². The zero-order valence-electron chi connectivity index (χ0n) is 16.9. The van der Waals surface area contributed by atoms with Crippen LogP contribution in [-0.2, 0) is 4.84 Å². The number of ether oxygens (including phenoxy) is 1. The number of methoxy groups -OCH3 is 1. The first-order chi connectivity index (χ1) is 13.2. The Balaban J connectivity index is 1.74. The van der Waals surface area contributed by atoms with Gasteiger partial charge in [-0.05, 0) is 68.4 Å². The largest absolute Gasteiger partial charge is 0.497 e. The Labute approximate surface area is 163 Å². The molecule has 148 valence electrons. The lowest BCUT2D eigenvalue weighted by Gasteiger charge is -2.38. The van der Waals surface area contributed by atoms with Crippen molar-refractivity contribution in [2.45, 2.75) is 58.2 Å². The van der Waals surface area contributed by atoms with Crippen molar-refractivity contribution < 1.29 is 9.57 Å². The molecule has 0 spiro atoms. The van der Waals surface area contributed by atoms with Crippen LogP contribution in [-0.4, -0.2) is 49.6 Å². The van der Waals surface area contributed by atoms with E-state index >= 15 is 0 Å². The van der Waals surface area contributed by atoms with Crippen LogP contribution in [0, 0.1) is 0 Å². The topological polar surface area (TPSA) is 46.1 Å². The highest BCUT2D eigenvalue weighted by Gasteiger charge is 2.26. The molecule has 1 aliphatic carbocycles. The molecule has 1 N–H and O–H groups in total. The standard InChI is InChI=1S/C22H33N3O2/c1-4-22(25-13-12-23-16-17(25)2)27-24-21-11-6-5-9-19(21)14-18-8-7-10-20(15-18)26-3/h7-8,10,14-15,17,22-23H,4-6,9,11-13,16H2,1-3H3/b19-14-,24-21-. The molecule has 0 aromatic heterocycles. The lowest BCUT2D eigenvalue weighted by Crippen LogP contribution is -2.54. The molecule has 27 heavy (non-hydrogen) atoms. The van der Waals surface area contributed by atoms with Crippen LogP contribution in [0.5, 0.6) is 5.75 Å². The summed E-state index contributed by atoms with van der Waals surface area (Å²) in [6.45, 7) is 7.46. The zero-order chi connectivity index (χ0) is 19.1. The minimum absolute atomic E-state index is 0.0506. The molecule has 1 aliphatic heterocycles. The average molecular weight is 372 g/mol. The molecule has 0 amide bonds. The molecule has 1 heterocycles. The van der Waals surface area contributed by atoms with Gasteiger partial charge in [-0.2, -0.15) is 0 Å². The van der Waals surface area contributed by atoms with Gasteiger partial charge in [0.1, 0.15) is 5.75 Å². The minimum atomic E-state index is 0.0506. The van der Waals surface area contributed by atoms with E-state index < -0.39 is 0 Å². The van der Waals surface area contributed by atoms with Gasteiger partial charge in [-0.1, -0.05) is 24.2 Å².